The predicted molar refractivity (Wildman–Crippen MR) is 68.0 cm³/mol. The van der Waals surface area contributed by atoms with Crippen molar-refractivity contribution in [2.45, 2.75) is 20.4 Å². The molecule has 0 unspecified atom stereocenters. The van der Waals surface area contributed by atoms with Crippen molar-refractivity contribution in [3.8, 4) is 11.4 Å². The molecular formula is C12H14BrN3. The Hall–Kier alpha value is -1.16. The molecule has 0 radical (unpaired) electrons. The summed E-state index contributed by atoms with van der Waals surface area (Å²) in [5, 5.41) is 4.44. The molecule has 0 aliphatic heterocycles. The minimum Gasteiger partial charge on any atom is -0.252 e. The van der Waals surface area contributed by atoms with Crippen LogP contribution in [-0.4, -0.2) is 14.8 Å². The number of hydrogen-bond donors (Lipinski definition) is 0. The Bertz CT molecular complexity index is 459. The van der Waals surface area contributed by atoms with Crippen LogP contribution >= 0.6 is 15.9 Å². The van der Waals surface area contributed by atoms with Gasteiger partial charge in [-0.25, -0.2) is 4.98 Å². The van der Waals surface area contributed by atoms with Gasteiger partial charge < -0.3 is 0 Å². The Morgan fingerprint density at radius 2 is 1.94 bits per heavy atom. The van der Waals surface area contributed by atoms with E-state index in [1.165, 1.54) is 0 Å². The van der Waals surface area contributed by atoms with Crippen molar-refractivity contribution in [1.29, 1.82) is 0 Å². The lowest BCUT2D eigenvalue weighted by Gasteiger charge is -2.02. The normalized spacial score (nSPS) is 11.0. The van der Waals surface area contributed by atoms with E-state index in [2.05, 4.69) is 39.9 Å². The van der Waals surface area contributed by atoms with E-state index < -0.39 is 0 Å². The third-order valence-electron chi connectivity index (χ3n) is 2.19. The van der Waals surface area contributed by atoms with Gasteiger partial charge in [0.05, 0.1) is 0 Å². The van der Waals surface area contributed by atoms with Crippen molar-refractivity contribution in [3.63, 3.8) is 0 Å². The van der Waals surface area contributed by atoms with Crippen LogP contribution in [0.25, 0.3) is 11.4 Å². The molecule has 0 saturated carbocycles. The van der Waals surface area contributed by atoms with Crippen molar-refractivity contribution in [2.24, 2.45) is 5.92 Å². The van der Waals surface area contributed by atoms with Gasteiger partial charge in [0.2, 0.25) is 0 Å². The number of rotatable bonds is 3. The van der Waals surface area contributed by atoms with Gasteiger partial charge >= 0.3 is 0 Å². The van der Waals surface area contributed by atoms with E-state index >= 15 is 0 Å². The molecule has 4 heteroatoms. The van der Waals surface area contributed by atoms with Crippen LogP contribution in [0, 0.1) is 5.92 Å². The topological polar surface area (TPSA) is 30.7 Å². The molecule has 1 aromatic heterocycles. The number of halogens is 1. The highest BCUT2D eigenvalue weighted by Crippen LogP contribution is 2.18. The van der Waals surface area contributed by atoms with Crippen LogP contribution in [0.2, 0.25) is 0 Å². The van der Waals surface area contributed by atoms with E-state index in [4.69, 9.17) is 0 Å². The third-order valence-corrected chi connectivity index (χ3v) is 2.72. The Morgan fingerprint density at radius 3 is 2.56 bits per heavy atom. The summed E-state index contributed by atoms with van der Waals surface area (Å²) in [6.45, 7) is 5.24. The van der Waals surface area contributed by atoms with Crippen LogP contribution < -0.4 is 0 Å². The summed E-state index contributed by atoms with van der Waals surface area (Å²) < 4.78 is 2.96. The summed E-state index contributed by atoms with van der Waals surface area (Å²) in [7, 11) is 0. The quantitative estimate of drug-likeness (QED) is 0.863. The molecule has 3 nitrogen and oxygen atoms in total. The molecule has 0 bridgehead atoms. The van der Waals surface area contributed by atoms with E-state index in [0.29, 0.717) is 5.92 Å². The molecule has 0 aliphatic rings. The summed E-state index contributed by atoms with van der Waals surface area (Å²) >= 11 is 3.41. The van der Waals surface area contributed by atoms with Gasteiger partial charge in [-0.3, -0.25) is 4.68 Å². The number of aromatic nitrogens is 3. The highest BCUT2D eigenvalue weighted by Gasteiger charge is 2.04. The Labute approximate surface area is 104 Å². The van der Waals surface area contributed by atoms with Crippen molar-refractivity contribution in [2.75, 3.05) is 0 Å². The molecule has 0 N–H and O–H groups in total. The first-order valence-corrected chi connectivity index (χ1v) is 6.10. The largest absolute Gasteiger partial charge is 0.252 e. The lowest BCUT2D eigenvalue weighted by molar-refractivity contribution is 0.483. The molecule has 0 fully saturated rings. The highest BCUT2D eigenvalue weighted by atomic mass is 79.9. The lowest BCUT2D eigenvalue weighted by atomic mass is 10.2. The van der Waals surface area contributed by atoms with Crippen molar-refractivity contribution in [3.05, 3.63) is 35.1 Å². The van der Waals surface area contributed by atoms with Crippen LogP contribution in [0.3, 0.4) is 0 Å². The van der Waals surface area contributed by atoms with Crippen LogP contribution in [0.5, 0.6) is 0 Å². The first kappa shape index (κ1) is 11.3. The van der Waals surface area contributed by atoms with Gasteiger partial charge in [-0.05, 0) is 18.1 Å². The molecule has 0 aliphatic carbocycles. The fraction of sp³-hybridized carbons (Fsp3) is 0.333. The second-order valence-corrected chi connectivity index (χ2v) is 5.11. The summed E-state index contributed by atoms with van der Waals surface area (Å²) in [6, 6.07) is 8.02. The Kier molecular flexibility index (Phi) is 3.39. The zero-order valence-electron chi connectivity index (χ0n) is 9.39. The standard InChI is InChI=1S/C12H14BrN3/c1-9(2)7-16-8-14-12(15-16)10-3-5-11(13)6-4-10/h3-6,8-9H,7H2,1-2H3. The Balaban J connectivity index is 2.21. The van der Waals surface area contributed by atoms with E-state index in [0.717, 1.165) is 22.4 Å². The average Bonchev–Trinajstić information content (AvgIpc) is 2.66. The minimum absolute atomic E-state index is 0.583. The first-order chi connectivity index (χ1) is 7.65. The molecule has 16 heavy (non-hydrogen) atoms. The molecule has 1 heterocycles. The van der Waals surface area contributed by atoms with Crippen LogP contribution in [0.15, 0.2) is 35.1 Å². The fourth-order valence-corrected chi connectivity index (χ4v) is 1.75. The average molecular weight is 280 g/mol. The SMILES string of the molecule is CC(C)Cn1cnc(-c2ccc(Br)cc2)n1. The fourth-order valence-electron chi connectivity index (χ4n) is 1.49. The van der Waals surface area contributed by atoms with Gasteiger partial charge in [0, 0.05) is 16.6 Å². The van der Waals surface area contributed by atoms with Gasteiger partial charge in [-0.2, -0.15) is 5.10 Å². The summed E-state index contributed by atoms with van der Waals surface area (Å²) in [6.07, 6.45) is 1.79. The van der Waals surface area contributed by atoms with Gasteiger partial charge in [-0.15, -0.1) is 0 Å². The number of hydrogen-bond acceptors (Lipinski definition) is 2. The molecular weight excluding hydrogens is 266 g/mol. The predicted octanol–water partition coefficient (Wildman–Crippen LogP) is 3.36. The monoisotopic (exact) mass is 279 g/mol. The van der Waals surface area contributed by atoms with Crippen molar-refractivity contribution in [1.82, 2.24) is 14.8 Å². The number of nitrogens with zero attached hydrogens (tertiary/aromatic N) is 3. The van der Waals surface area contributed by atoms with E-state index in [1.54, 1.807) is 6.33 Å². The first-order valence-electron chi connectivity index (χ1n) is 5.30. The molecule has 0 saturated heterocycles. The van der Waals surface area contributed by atoms with Gasteiger partial charge in [-0.1, -0.05) is 41.9 Å². The lowest BCUT2D eigenvalue weighted by Crippen LogP contribution is -2.04. The third kappa shape index (κ3) is 2.70. The molecule has 0 spiro atoms. The molecule has 1 aromatic carbocycles. The molecule has 84 valence electrons. The van der Waals surface area contributed by atoms with E-state index in [-0.39, 0.29) is 0 Å². The van der Waals surface area contributed by atoms with Crippen LogP contribution in [0.4, 0.5) is 0 Å². The van der Waals surface area contributed by atoms with Gasteiger partial charge in [0.15, 0.2) is 5.82 Å². The van der Waals surface area contributed by atoms with Gasteiger partial charge in [0.25, 0.3) is 0 Å². The summed E-state index contributed by atoms with van der Waals surface area (Å²) in [5.41, 5.74) is 1.05. The van der Waals surface area contributed by atoms with Crippen molar-refractivity contribution < 1.29 is 0 Å². The zero-order valence-corrected chi connectivity index (χ0v) is 11.0. The maximum atomic E-state index is 4.44. The second kappa shape index (κ2) is 4.78. The smallest absolute Gasteiger partial charge is 0.181 e. The van der Waals surface area contributed by atoms with E-state index in [9.17, 15) is 0 Å². The molecule has 0 atom stereocenters. The van der Waals surface area contributed by atoms with Crippen LogP contribution in [0.1, 0.15) is 13.8 Å². The molecule has 2 rings (SSSR count). The highest BCUT2D eigenvalue weighted by molar-refractivity contribution is 9.10. The Morgan fingerprint density at radius 1 is 1.25 bits per heavy atom. The van der Waals surface area contributed by atoms with Crippen molar-refractivity contribution >= 4 is 15.9 Å². The molecule has 2 aromatic rings. The minimum atomic E-state index is 0.583. The second-order valence-electron chi connectivity index (χ2n) is 4.19. The maximum absolute atomic E-state index is 4.44. The van der Waals surface area contributed by atoms with Crippen LogP contribution in [-0.2, 0) is 6.54 Å². The summed E-state index contributed by atoms with van der Waals surface area (Å²) in [5.74, 6) is 1.37. The summed E-state index contributed by atoms with van der Waals surface area (Å²) in [4.78, 5) is 4.31. The number of benzene rings is 1. The zero-order chi connectivity index (χ0) is 11.5. The molecule has 0 amide bonds. The van der Waals surface area contributed by atoms with Gasteiger partial charge in [0.1, 0.15) is 6.33 Å². The maximum Gasteiger partial charge on any atom is 0.181 e. The van der Waals surface area contributed by atoms with E-state index in [1.807, 2.05) is 28.9 Å².